The number of nitrogens with one attached hydrogen (secondary N) is 2. The Bertz CT molecular complexity index is 673. The molecule has 1 aromatic rings. The predicted octanol–water partition coefficient (Wildman–Crippen LogP) is -0.202. The highest BCUT2D eigenvalue weighted by Crippen LogP contribution is 2.27. The number of rotatable bonds is 10. The second-order valence-electron chi connectivity index (χ2n) is 4.92. The van der Waals surface area contributed by atoms with E-state index in [9.17, 15) is 17.6 Å². The molecule has 0 bridgehead atoms. The molecule has 0 spiro atoms. The van der Waals surface area contributed by atoms with Gasteiger partial charge in [0.2, 0.25) is 15.9 Å². The third-order valence-electron chi connectivity index (χ3n) is 3.05. The molecular formula is C14H23ClFN3O5S. The minimum atomic E-state index is -4.17. The summed E-state index contributed by atoms with van der Waals surface area (Å²) in [6.45, 7) is 2.15. The van der Waals surface area contributed by atoms with E-state index in [1.165, 1.54) is 0 Å². The van der Waals surface area contributed by atoms with Gasteiger partial charge in [-0.15, -0.1) is 12.4 Å². The molecule has 8 nitrogen and oxygen atoms in total. The number of sulfonamides is 1. The van der Waals surface area contributed by atoms with E-state index in [-0.39, 0.29) is 30.3 Å². The van der Waals surface area contributed by atoms with Gasteiger partial charge >= 0.3 is 0 Å². The average molecular weight is 400 g/mol. The van der Waals surface area contributed by atoms with Crippen LogP contribution in [0, 0.1) is 5.82 Å². The Balaban J connectivity index is 0.00000576. The average Bonchev–Trinajstić information content (AvgIpc) is 2.49. The van der Waals surface area contributed by atoms with E-state index < -0.39 is 26.5 Å². The van der Waals surface area contributed by atoms with E-state index in [1.807, 2.05) is 0 Å². The van der Waals surface area contributed by atoms with Crippen molar-refractivity contribution in [2.75, 3.05) is 40.5 Å². The van der Waals surface area contributed by atoms with Gasteiger partial charge in [0.25, 0.3) is 0 Å². The van der Waals surface area contributed by atoms with Gasteiger partial charge in [-0.25, -0.2) is 17.9 Å². The standard InChI is InChI=1S/C14H22FN3O5S.ClH/c1-22-6-5-17-3-4-18-13(19)9-10-7-11(15)14(23-2)12(8-10)24(16,20)21;/h7-8,17H,3-6,9H2,1-2H3,(H,18,19)(H2,16,20,21);1H. The second-order valence-corrected chi connectivity index (χ2v) is 6.45. The Morgan fingerprint density at radius 3 is 2.48 bits per heavy atom. The molecule has 11 heteroatoms. The van der Waals surface area contributed by atoms with Crippen LogP contribution < -0.4 is 20.5 Å². The van der Waals surface area contributed by atoms with Crippen LogP contribution in [-0.4, -0.2) is 54.8 Å². The number of benzene rings is 1. The zero-order valence-corrected chi connectivity index (χ0v) is 15.6. The number of carbonyl (C=O) groups is 1. The summed E-state index contributed by atoms with van der Waals surface area (Å²) in [5.74, 6) is -1.73. The summed E-state index contributed by atoms with van der Waals surface area (Å²) < 4.78 is 46.5. The Morgan fingerprint density at radius 1 is 1.24 bits per heavy atom. The fraction of sp³-hybridized carbons (Fsp3) is 0.500. The normalized spacial score (nSPS) is 10.9. The maximum absolute atomic E-state index is 13.9. The van der Waals surface area contributed by atoms with Crippen LogP contribution in [0.2, 0.25) is 0 Å². The molecule has 0 fully saturated rings. The lowest BCUT2D eigenvalue weighted by Crippen LogP contribution is -2.33. The van der Waals surface area contributed by atoms with Crippen molar-refractivity contribution < 1.29 is 27.1 Å². The van der Waals surface area contributed by atoms with Gasteiger partial charge in [-0.1, -0.05) is 0 Å². The summed E-state index contributed by atoms with van der Waals surface area (Å²) >= 11 is 0. The highest BCUT2D eigenvalue weighted by Gasteiger charge is 2.21. The maximum atomic E-state index is 13.9. The highest BCUT2D eigenvalue weighted by atomic mass is 35.5. The van der Waals surface area contributed by atoms with Crippen molar-refractivity contribution in [2.45, 2.75) is 11.3 Å². The quantitative estimate of drug-likeness (QED) is 0.469. The minimum absolute atomic E-state index is 0. The van der Waals surface area contributed by atoms with Crippen molar-refractivity contribution in [3.63, 3.8) is 0 Å². The largest absolute Gasteiger partial charge is 0.492 e. The fourth-order valence-electron chi connectivity index (χ4n) is 1.97. The molecule has 0 saturated heterocycles. The molecule has 0 aliphatic rings. The summed E-state index contributed by atoms with van der Waals surface area (Å²) in [6.07, 6.45) is -0.179. The lowest BCUT2D eigenvalue weighted by molar-refractivity contribution is -0.120. The van der Waals surface area contributed by atoms with Crippen molar-refractivity contribution in [3.05, 3.63) is 23.5 Å². The number of primary sulfonamides is 1. The van der Waals surface area contributed by atoms with Gasteiger partial charge in [-0.05, 0) is 17.7 Å². The van der Waals surface area contributed by atoms with Crippen molar-refractivity contribution >= 4 is 28.3 Å². The Morgan fingerprint density at radius 2 is 1.92 bits per heavy atom. The van der Waals surface area contributed by atoms with E-state index in [4.69, 9.17) is 14.6 Å². The van der Waals surface area contributed by atoms with E-state index in [2.05, 4.69) is 10.6 Å². The molecule has 0 heterocycles. The number of hydrogen-bond donors (Lipinski definition) is 3. The molecule has 0 atom stereocenters. The summed E-state index contributed by atoms with van der Waals surface area (Å²) in [5.41, 5.74) is 0.183. The Hall–Kier alpha value is -1.46. The highest BCUT2D eigenvalue weighted by molar-refractivity contribution is 7.89. The Kier molecular flexibility index (Phi) is 10.6. The van der Waals surface area contributed by atoms with E-state index in [1.54, 1.807) is 7.11 Å². The number of hydrogen-bond acceptors (Lipinski definition) is 6. The minimum Gasteiger partial charge on any atom is -0.492 e. The number of nitrogens with two attached hydrogens (primary N) is 1. The van der Waals surface area contributed by atoms with Crippen LogP contribution in [0.5, 0.6) is 5.75 Å². The lowest BCUT2D eigenvalue weighted by atomic mass is 10.1. The third-order valence-corrected chi connectivity index (χ3v) is 3.97. The van der Waals surface area contributed by atoms with Gasteiger partial charge in [0.15, 0.2) is 11.6 Å². The summed E-state index contributed by atoms with van der Waals surface area (Å²) in [6, 6.07) is 2.18. The van der Waals surface area contributed by atoms with Crippen LogP contribution in [0.3, 0.4) is 0 Å². The lowest BCUT2D eigenvalue weighted by Gasteiger charge is -2.11. The Labute approximate surface area is 152 Å². The molecule has 0 aromatic heterocycles. The van der Waals surface area contributed by atoms with Gasteiger partial charge in [-0.2, -0.15) is 0 Å². The molecule has 4 N–H and O–H groups in total. The first-order valence-corrected chi connectivity index (χ1v) is 8.69. The molecule has 0 aliphatic heterocycles. The van der Waals surface area contributed by atoms with Crippen molar-refractivity contribution in [1.82, 2.24) is 10.6 Å². The van der Waals surface area contributed by atoms with Crippen LogP contribution >= 0.6 is 12.4 Å². The summed E-state index contributed by atoms with van der Waals surface area (Å²) in [5, 5.41) is 10.7. The summed E-state index contributed by atoms with van der Waals surface area (Å²) in [7, 11) is -1.45. The monoisotopic (exact) mass is 399 g/mol. The van der Waals surface area contributed by atoms with Gasteiger partial charge < -0.3 is 20.1 Å². The predicted molar refractivity (Wildman–Crippen MR) is 93.0 cm³/mol. The molecule has 0 saturated carbocycles. The molecule has 144 valence electrons. The van der Waals surface area contributed by atoms with Crippen molar-refractivity contribution in [1.29, 1.82) is 0 Å². The van der Waals surface area contributed by atoms with Gasteiger partial charge in [-0.3, -0.25) is 4.79 Å². The fourth-order valence-corrected chi connectivity index (χ4v) is 2.73. The van der Waals surface area contributed by atoms with E-state index >= 15 is 0 Å². The zero-order valence-electron chi connectivity index (χ0n) is 14.0. The molecule has 0 radical (unpaired) electrons. The number of ether oxygens (including phenoxy) is 2. The maximum Gasteiger partial charge on any atom is 0.241 e. The van der Waals surface area contributed by atoms with Gasteiger partial charge in [0.05, 0.1) is 20.1 Å². The second kappa shape index (κ2) is 11.2. The number of amides is 1. The van der Waals surface area contributed by atoms with Crippen LogP contribution in [0.4, 0.5) is 4.39 Å². The summed E-state index contributed by atoms with van der Waals surface area (Å²) in [4.78, 5) is 11.3. The molecule has 1 aromatic carbocycles. The van der Waals surface area contributed by atoms with Crippen molar-refractivity contribution in [3.8, 4) is 5.75 Å². The van der Waals surface area contributed by atoms with Crippen LogP contribution in [-0.2, 0) is 26.0 Å². The molecule has 1 rings (SSSR count). The van der Waals surface area contributed by atoms with Crippen LogP contribution in [0.25, 0.3) is 0 Å². The van der Waals surface area contributed by atoms with Crippen molar-refractivity contribution in [2.24, 2.45) is 5.14 Å². The van der Waals surface area contributed by atoms with E-state index in [0.717, 1.165) is 19.2 Å². The third kappa shape index (κ3) is 7.97. The first-order chi connectivity index (χ1) is 11.3. The van der Waals surface area contributed by atoms with E-state index in [0.29, 0.717) is 26.2 Å². The van der Waals surface area contributed by atoms with Crippen LogP contribution in [0.1, 0.15) is 5.56 Å². The molecule has 0 aliphatic carbocycles. The zero-order chi connectivity index (χ0) is 18.2. The smallest absolute Gasteiger partial charge is 0.241 e. The number of halogens is 2. The topological polar surface area (TPSA) is 120 Å². The first kappa shape index (κ1) is 23.5. The SMILES string of the molecule is COCCNCCNC(=O)Cc1cc(F)c(OC)c(S(N)(=O)=O)c1.Cl. The molecular weight excluding hydrogens is 377 g/mol. The molecule has 25 heavy (non-hydrogen) atoms. The molecule has 0 unspecified atom stereocenters. The first-order valence-electron chi connectivity index (χ1n) is 7.15. The molecule has 1 amide bonds. The van der Waals surface area contributed by atoms with Crippen LogP contribution in [0.15, 0.2) is 17.0 Å². The van der Waals surface area contributed by atoms with Gasteiger partial charge in [0, 0.05) is 26.7 Å². The number of carbonyl (C=O) groups excluding carboxylic acids is 1. The van der Waals surface area contributed by atoms with Gasteiger partial charge in [0.1, 0.15) is 4.90 Å². The number of methoxy groups -OCH3 is 2.